The summed E-state index contributed by atoms with van der Waals surface area (Å²) in [6.07, 6.45) is 7.72. The highest BCUT2D eigenvalue weighted by Crippen LogP contribution is 2.23. The maximum absolute atomic E-state index is 10.0. The van der Waals surface area contributed by atoms with Crippen molar-refractivity contribution in [2.24, 2.45) is 0 Å². The monoisotopic (exact) mass is 216 g/mol. The largest absolute Gasteiger partial charge is 0.388 e. The minimum absolute atomic E-state index is 0.431. The van der Waals surface area contributed by atoms with Gasteiger partial charge in [-0.1, -0.05) is 12.1 Å². The number of hydrogen-bond donors (Lipinski definition) is 1. The van der Waals surface area contributed by atoms with Gasteiger partial charge in [0.1, 0.15) is 0 Å². The first-order valence-corrected chi connectivity index (χ1v) is 5.54. The molecule has 0 aliphatic carbocycles. The van der Waals surface area contributed by atoms with Crippen LogP contribution in [0.2, 0.25) is 0 Å². The lowest BCUT2D eigenvalue weighted by Crippen LogP contribution is -1.96. The molecule has 0 amide bonds. The van der Waals surface area contributed by atoms with E-state index in [0.29, 0.717) is 0 Å². The van der Waals surface area contributed by atoms with Crippen LogP contribution in [-0.2, 0) is 0 Å². The molecule has 3 nitrogen and oxygen atoms in total. The molecule has 0 spiro atoms. The Morgan fingerprint density at radius 2 is 2.38 bits per heavy atom. The molecule has 0 aliphatic rings. The Morgan fingerprint density at radius 3 is 3.19 bits per heavy atom. The number of aliphatic hydroxyl groups is 1. The van der Waals surface area contributed by atoms with Gasteiger partial charge in [-0.2, -0.15) is 5.10 Å². The van der Waals surface area contributed by atoms with Gasteiger partial charge < -0.3 is 5.11 Å². The lowest BCUT2D eigenvalue weighted by atomic mass is 10.1. The summed E-state index contributed by atoms with van der Waals surface area (Å²) in [5.74, 6) is 0. The van der Waals surface area contributed by atoms with E-state index in [9.17, 15) is 5.11 Å². The summed E-state index contributed by atoms with van der Waals surface area (Å²) in [5, 5.41) is 14.3. The van der Waals surface area contributed by atoms with E-state index >= 15 is 0 Å². The lowest BCUT2D eigenvalue weighted by molar-refractivity contribution is 0.166. The second kappa shape index (κ2) is 4.94. The van der Waals surface area contributed by atoms with E-state index in [0.717, 1.165) is 30.3 Å². The second-order valence-corrected chi connectivity index (χ2v) is 3.87. The SMILES string of the molecule is C=CCCCC(O)c1cnn2ccccc12. The van der Waals surface area contributed by atoms with E-state index in [2.05, 4.69) is 11.7 Å². The summed E-state index contributed by atoms with van der Waals surface area (Å²) in [4.78, 5) is 0. The Bertz CT molecular complexity index is 475. The van der Waals surface area contributed by atoms with Gasteiger partial charge in [-0.15, -0.1) is 6.58 Å². The van der Waals surface area contributed by atoms with Gasteiger partial charge in [0.15, 0.2) is 0 Å². The summed E-state index contributed by atoms with van der Waals surface area (Å²) in [6, 6.07) is 5.85. The van der Waals surface area contributed by atoms with Gasteiger partial charge in [0.2, 0.25) is 0 Å². The summed E-state index contributed by atoms with van der Waals surface area (Å²) in [6.45, 7) is 3.67. The number of rotatable bonds is 5. The van der Waals surface area contributed by atoms with E-state index in [1.54, 1.807) is 10.7 Å². The fourth-order valence-corrected chi connectivity index (χ4v) is 1.82. The number of unbranched alkanes of at least 4 members (excludes halogenated alkanes) is 1. The van der Waals surface area contributed by atoms with Crippen LogP contribution in [0.5, 0.6) is 0 Å². The van der Waals surface area contributed by atoms with Gasteiger partial charge in [0, 0.05) is 11.8 Å². The molecule has 1 unspecified atom stereocenters. The first-order valence-electron chi connectivity index (χ1n) is 5.54. The zero-order valence-corrected chi connectivity index (χ0v) is 9.21. The highest BCUT2D eigenvalue weighted by molar-refractivity contribution is 5.54. The standard InChI is InChI=1S/C13H16N2O/c1-2-3-4-8-13(16)11-10-14-15-9-6-5-7-12(11)15/h2,5-7,9-10,13,16H,1,3-4,8H2. The molecule has 2 heterocycles. The molecule has 0 aliphatic heterocycles. The third-order valence-corrected chi connectivity index (χ3v) is 2.70. The summed E-state index contributed by atoms with van der Waals surface area (Å²) >= 11 is 0. The van der Waals surface area contributed by atoms with Gasteiger partial charge >= 0.3 is 0 Å². The number of pyridine rings is 1. The Balaban J connectivity index is 2.16. The number of nitrogens with zero attached hydrogens (tertiary/aromatic N) is 2. The van der Waals surface area contributed by atoms with Crippen molar-refractivity contribution in [2.45, 2.75) is 25.4 Å². The summed E-state index contributed by atoms with van der Waals surface area (Å²) in [7, 11) is 0. The van der Waals surface area contributed by atoms with Crippen LogP contribution in [0.4, 0.5) is 0 Å². The average Bonchev–Trinajstić information content (AvgIpc) is 2.73. The van der Waals surface area contributed by atoms with Crippen LogP contribution in [0, 0.1) is 0 Å². The van der Waals surface area contributed by atoms with Crippen molar-refractivity contribution in [3.63, 3.8) is 0 Å². The maximum atomic E-state index is 10.0. The smallest absolute Gasteiger partial charge is 0.0826 e. The quantitative estimate of drug-likeness (QED) is 0.616. The van der Waals surface area contributed by atoms with Crippen LogP contribution in [0.25, 0.3) is 5.52 Å². The third-order valence-electron chi connectivity index (χ3n) is 2.70. The maximum Gasteiger partial charge on any atom is 0.0826 e. The molecule has 0 fully saturated rings. The zero-order valence-electron chi connectivity index (χ0n) is 9.21. The van der Waals surface area contributed by atoms with Crippen molar-refractivity contribution in [1.82, 2.24) is 9.61 Å². The molecule has 16 heavy (non-hydrogen) atoms. The van der Waals surface area contributed by atoms with Gasteiger partial charge in [0.25, 0.3) is 0 Å². The zero-order chi connectivity index (χ0) is 11.4. The number of aromatic nitrogens is 2. The molecule has 0 aromatic carbocycles. The fourth-order valence-electron chi connectivity index (χ4n) is 1.82. The topological polar surface area (TPSA) is 37.5 Å². The molecule has 2 aromatic rings. The van der Waals surface area contributed by atoms with Crippen LogP contribution in [0.1, 0.15) is 30.9 Å². The highest BCUT2D eigenvalue weighted by atomic mass is 16.3. The molecule has 1 atom stereocenters. The summed E-state index contributed by atoms with van der Waals surface area (Å²) in [5.41, 5.74) is 1.89. The number of allylic oxidation sites excluding steroid dienone is 1. The minimum Gasteiger partial charge on any atom is -0.388 e. The minimum atomic E-state index is -0.431. The fraction of sp³-hybridized carbons (Fsp3) is 0.308. The predicted octanol–water partition coefficient (Wildman–Crippen LogP) is 2.72. The Hall–Kier alpha value is -1.61. The van der Waals surface area contributed by atoms with E-state index < -0.39 is 6.10 Å². The molecular formula is C13H16N2O. The van der Waals surface area contributed by atoms with E-state index in [1.165, 1.54) is 0 Å². The lowest BCUT2D eigenvalue weighted by Gasteiger charge is -2.07. The van der Waals surface area contributed by atoms with Gasteiger partial charge in [-0.05, 0) is 31.4 Å². The molecule has 84 valence electrons. The van der Waals surface area contributed by atoms with E-state index in [4.69, 9.17) is 0 Å². The van der Waals surface area contributed by atoms with E-state index in [1.807, 2.05) is 30.5 Å². The molecule has 0 saturated carbocycles. The molecule has 2 rings (SSSR count). The number of hydrogen-bond acceptors (Lipinski definition) is 2. The van der Waals surface area contributed by atoms with Gasteiger partial charge in [-0.3, -0.25) is 0 Å². The average molecular weight is 216 g/mol. The predicted molar refractivity (Wildman–Crippen MR) is 64.2 cm³/mol. The van der Waals surface area contributed by atoms with Gasteiger partial charge in [-0.25, -0.2) is 4.52 Å². The van der Waals surface area contributed by atoms with Crippen molar-refractivity contribution < 1.29 is 5.11 Å². The molecule has 0 bridgehead atoms. The van der Waals surface area contributed by atoms with Crippen molar-refractivity contribution >= 4 is 5.52 Å². The van der Waals surface area contributed by atoms with Crippen molar-refractivity contribution in [2.75, 3.05) is 0 Å². The van der Waals surface area contributed by atoms with Crippen LogP contribution >= 0.6 is 0 Å². The summed E-state index contributed by atoms with van der Waals surface area (Å²) < 4.78 is 1.78. The highest BCUT2D eigenvalue weighted by Gasteiger charge is 2.12. The third kappa shape index (κ3) is 2.14. The number of fused-ring (bicyclic) bond motifs is 1. The second-order valence-electron chi connectivity index (χ2n) is 3.87. The molecule has 0 saturated heterocycles. The molecular weight excluding hydrogens is 200 g/mol. The van der Waals surface area contributed by atoms with E-state index in [-0.39, 0.29) is 0 Å². The van der Waals surface area contributed by atoms with Crippen LogP contribution in [-0.4, -0.2) is 14.7 Å². The molecule has 2 aromatic heterocycles. The first kappa shape index (κ1) is 10.9. The Labute approximate surface area is 95.0 Å². The Kier molecular flexibility index (Phi) is 3.37. The molecule has 0 radical (unpaired) electrons. The van der Waals surface area contributed by atoms with Crippen LogP contribution in [0.3, 0.4) is 0 Å². The van der Waals surface area contributed by atoms with Crippen LogP contribution in [0.15, 0.2) is 43.2 Å². The van der Waals surface area contributed by atoms with Crippen molar-refractivity contribution in [3.8, 4) is 0 Å². The van der Waals surface area contributed by atoms with Gasteiger partial charge in [0.05, 0.1) is 17.8 Å². The Morgan fingerprint density at radius 1 is 1.50 bits per heavy atom. The first-order chi connectivity index (χ1) is 7.83. The van der Waals surface area contributed by atoms with Crippen molar-refractivity contribution in [1.29, 1.82) is 0 Å². The van der Waals surface area contributed by atoms with Crippen molar-refractivity contribution in [3.05, 3.63) is 48.8 Å². The normalized spacial score (nSPS) is 12.8. The number of aliphatic hydroxyl groups excluding tert-OH is 1. The van der Waals surface area contributed by atoms with Crippen LogP contribution < -0.4 is 0 Å². The molecule has 3 heteroatoms. The molecule has 1 N–H and O–H groups in total.